The molecule has 0 spiro atoms. The molecule has 0 saturated heterocycles. The first kappa shape index (κ1) is 16.1. The second-order valence-corrected chi connectivity index (χ2v) is 9.01. The third kappa shape index (κ3) is 1.98. The Morgan fingerprint density at radius 3 is 2.39 bits per heavy atom. The van der Waals surface area contributed by atoms with Crippen molar-refractivity contribution in [1.29, 1.82) is 0 Å². The van der Waals surface area contributed by atoms with Crippen LogP contribution in [0.15, 0.2) is 11.6 Å². The summed E-state index contributed by atoms with van der Waals surface area (Å²) in [5, 5.41) is 41.8. The van der Waals surface area contributed by atoms with Gasteiger partial charge in [-0.3, -0.25) is 0 Å². The molecule has 3 fully saturated rings. The minimum atomic E-state index is -0.841. The van der Waals surface area contributed by atoms with Crippen molar-refractivity contribution < 1.29 is 20.4 Å². The predicted molar refractivity (Wildman–Crippen MR) is 86.5 cm³/mol. The van der Waals surface area contributed by atoms with E-state index < -0.39 is 18.3 Å². The van der Waals surface area contributed by atoms with Crippen LogP contribution in [-0.4, -0.2) is 44.8 Å². The summed E-state index contributed by atoms with van der Waals surface area (Å²) >= 11 is 0. The monoisotopic (exact) mass is 322 g/mol. The van der Waals surface area contributed by atoms with Gasteiger partial charge < -0.3 is 20.4 Å². The Kier molecular flexibility index (Phi) is 3.52. The topological polar surface area (TPSA) is 80.9 Å². The van der Waals surface area contributed by atoms with Gasteiger partial charge in [0.05, 0.1) is 18.3 Å². The molecule has 0 aromatic heterocycles. The summed E-state index contributed by atoms with van der Waals surface area (Å²) in [4.78, 5) is 0. The zero-order valence-electron chi connectivity index (χ0n) is 14.2. The zero-order valence-corrected chi connectivity index (χ0v) is 14.2. The Morgan fingerprint density at radius 1 is 0.913 bits per heavy atom. The average molecular weight is 322 g/mol. The highest BCUT2D eigenvalue weighted by Crippen LogP contribution is 2.64. The summed E-state index contributed by atoms with van der Waals surface area (Å²) in [5.74, 6) is 0.856. The Bertz CT molecular complexity index is 531. The van der Waals surface area contributed by atoms with Crippen molar-refractivity contribution in [1.82, 2.24) is 0 Å². The third-order valence-corrected chi connectivity index (χ3v) is 8.15. The molecule has 130 valence electrons. The van der Waals surface area contributed by atoms with Gasteiger partial charge in [-0.1, -0.05) is 19.9 Å². The van der Waals surface area contributed by atoms with Crippen LogP contribution in [0.1, 0.15) is 52.4 Å². The fourth-order valence-corrected chi connectivity index (χ4v) is 6.67. The van der Waals surface area contributed by atoms with Crippen molar-refractivity contribution >= 4 is 0 Å². The maximum atomic E-state index is 10.9. The molecule has 4 heteroatoms. The van der Waals surface area contributed by atoms with Gasteiger partial charge in [-0.2, -0.15) is 0 Å². The molecule has 5 unspecified atom stereocenters. The van der Waals surface area contributed by atoms with E-state index in [-0.39, 0.29) is 22.9 Å². The Morgan fingerprint density at radius 2 is 1.65 bits per heavy atom. The van der Waals surface area contributed by atoms with Crippen LogP contribution >= 0.6 is 0 Å². The number of aliphatic hydroxyl groups is 4. The van der Waals surface area contributed by atoms with E-state index >= 15 is 0 Å². The van der Waals surface area contributed by atoms with Gasteiger partial charge in [-0.15, -0.1) is 0 Å². The number of rotatable bonds is 0. The second kappa shape index (κ2) is 5.04. The number of aliphatic hydroxyl groups excluding tert-OH is 4. The van der Waals surface area contributed by atoms with Crippen molar-refractivity contribution in [2.24, 2.45) is 28.6 Å². The van der Waals surface area contributed by atoms with Crippen LogP contribution in [0, 0.1) is 28.6 Å². The molecule has 0 heterocycles. The van der Waals surface area contributed by atoms with Crippen molar-refractivity contribution in [2.45, 2.75) is 76.8 Å². The van der Waals surface area contributed by atoms with Crippen LogP contribution in [0.4, 0.5) is 0 Å². The fourth-order valence-electron chi connectivity index (χ4n) is 6.67. The SMILES string of the molecule is CC12CC[C@H](O)[C@H](O)C1=C[C@H](O)C1C2CCC2(C)C1CC[C@@H]2O. The molecule has 0 aromatic carbocycles. The molecule has 4 nitrogen and oxygen atoms in total. The van der Waals surface area contributed by atoms with Crippen LogP contribution < -0.4 is 0 Å². The first-order chi connectivity index (χ1) is 10.8. The lowest BCUT2D eigenvalue weighted by atomic mass is 9.47. The van der Waals surface area contributed by atoms with Crippen LogP contribution in [0.5, 0.6) is 0 Å². The fraction of sp³-hybridized carbons (Fsp3) is 0.895. The standard InChI is InChI=1S/C19H30O4/c1-18-8-6-13(20)17(23)12(18)9-14(21)16-10-3-4-15(22)19(10,2)7-5-11(16)18/h9-11,13-17,20-23H,3-8H2,1-2H3/t10?,11?,13-,14-,15-,16?,17+,18?,19?/m0/s1. The lowest BCUT2D eigenvalue weighted by Crippen LogP contribution is -2.57. The van der Waals surface area contributed by atoms with E-state index in [1.807, 2.05) is 6.08 Å². The summed E-state index contributed by atoms with van der Waals surface area (Å²) in [6, 6.07) is 0. The van der Waals surface area contributed by atoms with E-state index in [9.17, 15) is 20.4 Å². The summed E-state index contributed by atoms with van der Waals surface area (Å²) in [5.41, 5.74) is 0.654. The molecule has 4 aliphatic carbocycles. The van der Waals surface area contributed by atoms with Crippen LogP contribution in [0.3, 0.4) is 0 Å². The smallest absolute Gasteiger partial charge is 0.101 e. The molecule has 0 aromatic rings. The van der Waals surface area contributed by atoms with Crippen LogP contribution in [0.2, 0.25) is 0 Å². The maximum absolute atomic E-state index is 10.9. The van der Waals surface area contributed by atoms with E-state index in [0.717, 1.165) is 37.7 Å². The molecular formula is C19H30O4. The molecule has 0 amide bonds. The summed E-state index contributed by atoms with van der Waals surface area (Å²) in [7, 11) is 0. The molecule has 9 atom stereocenters. The highest BCUT2D eigenvalue weighted by molar-refractivity contribution is 5.31. The number of hydrogen-bond acceptors (Lipinski definition) is 4. The van der Waals surface area contributed by atoms with E-state index in [1.165, 1.54) is 0 Å². The lowest BCUT2D eigenvalue weighted by Gasteiger charge is -2.59. The highest BCUT2D eigenvalue weighted by Gasteiger charge is 2.61. The number of hydrogen-bond donors (Lipinski definition) is 4. The molecule has 3 saturated carbocycles. The van der Waals surface area contributed by atoms with Gasteiger partial charge in [-0.05, 0) is 72.7 Å². The van der Waals surface area contributed by atoms with Crippen LogP contribution in [-0.2, 0) is 0 Å². The van der Waals surface area contributed by atoms with E-state index in [0.29, 0.717) is 18.3 Å². The van der Waals surface area contributed by atoms with Gasteiger partial charge in [0, 0.05) is 0 Å². The normalized spacial score (nSPS) is 58.9. The van der Waals surface area contributed by atoms with Crippen molar-refractivity contribution in [2.75, 3.05) is 0 Å². The Labute approximate surface area is 138 Å². The third-order valence-electron chi connectivity index (χ3n) is 8.15. The van der Waals surface area contributed by atoms with Gasteiger partial charge in [0.25, 0.3) is 0 Å². The first-order valence-corrected chi connectivity index (χ1v) is 9.23. The Balaban J connectivity index is 1.75. The summed E-state index contributed by atoms with van der Waals surface area (Å²) in [6.07, 6.45) is 4.77. The second-order valence-electron chi connectivity index (χ2n) is 9.01. The lowest BCUT2D eigenvalue weighted by molar-refractivity contribution is -0.117. The average Bonchev–Trinajstić information content (AvgIpc) is 2.82. The van der Waals surface area contributed by atoms with Crippen LogP contribution in [0.25, 0.3) is 0 Å². The molecule has 4 rings (SSSR count). The van der Waals surface area contributed by atoms with E-state index in [4.69, 9.17) is 0 Å². The van der Waals surface area contributed by atoms with Crippen molar-refractivity contribution in [3.05, 3.63) is 11.6 Å². The first-order valence-electron chi connectivity index (χ1n) is 9.23. The van der Waals surface area contributed by atoms with Crippen molar-refractivity contribution in [3.63, 3.8) is 0 Å². The summed E-state index contributed by atoms with van der Waals surface area (Å²) in [6.45, 7) is 4.41. The minimum Gasteiger partial charge on any atom is -0.393 e. The molecule has 4 aliphatic rings. The van der Waals surface area contributed by atoms with E-state index in [1.54, 1.807) is 0 Å². The molecule has 0 bridgehead atoms. The quantitative estimate of drug-likeness (QED) is 0.511. The van der Waals surface area contributed by atoms with E-state index in [2.05, 4.69) is 13.8 Å². The molecule has 23 heavy (non-hydrogen) atoms. The largest absolute Gasteiger partial charge is 0.393 e. The minimum absolute atomic E-state index is 0.0728. The van der Waals surface area contributed by atoms with Gasteiger partial charge >= 0.3 is 0 Å². The molecule has 4 N–H and O–H groups in total. The molecule has 0 radical (unpaired) electrons. The van der Waals surface area contributed by atoms with Crippen molar-refractivity contribution in [3.8, 4) is 0 Å². The Hall–Kier alpha value is -0.420. The molecular weight excluding hydrogens is 292 g/mol. The zero-order chi connectivity index (χ0) is 16.6. The summed E-state index contributed by atoms with van der Waals surface area (Å²) < 4.78 is 0. The molecule has 0 aliphatic heterocycles. The maximum Gasteiger partial charge on any atom is 0.101 e. The van der Waals surface area contributed by atoms with Gasteiger partial charge in [-0.25, -0.2) is 0 Å². The predicted octanol–water partition coefficient (Wildman–Crippen LogP) is 1.61. The van der Waals surface area contributed by atoms with Gasteiger partial charge in [0.1, 0.15) is 6.10 Å². The van der Waals surface area contributed by atoms with Gasteiger partial charge in [0.15, 0.2) is 0 Å². The number of fused-ring (bicyclic) bond motifs is 5. The highest BCUT2D eigenvalue weighted by atomic mass is 16.3. The van der Waals surface area contributed by atoms with Gasteiger partial charge in [0.2, 0.25) is 0 Å².